The highest BCUT2D eigenvalue weighted by Gasteiger charge is 2.28. The number of nitrogens with zero attached hydrogens (tertiary/aromatic N) is 3. The third kappa shape index (κ3) is 7.34. The van der Waals surface area contributed by atoms with E-state index in [1.165, 1.54) is 42.5 Å². The molecule has 2 heterocycles. The summed E-state index contributed by atoms with van der Waals surface area (Å²) < 4.78 is 40.1. The van der Waals surface area contributed by atoms with E-state index >= 15 is 0 Å². The lowest BCUT2D eigenvalue weighted by Gasteiger charge is -2.36. The number of hydrogen-bond acceptors (Lipinski definition) is 7. The Morgan fingerprint density at radius 1 is 0.857 bits per heavy atom. The fourth-order valence-electron chi connectivity index (χ4n) is 4.71. The van der Waals surface area contributed by atoms with E-state index in [2.05, 4.69) is 4.72 Å². The van der Waals surface area contributed by atoms with E-state index in [0.717, 1.165) is 0 Å². The average Bonchev–Trinajstić information content (AvgIpc) is 3.00. The van der Waals surface area contributed by atoms with Gasteiger partial charge in [0.05, 0.1) is 40.9 Å². The molecule has 222 valence electrons. The van der Waals surface area contributed by atoms with Gasteiger partial charge in [-0.3, -0.25) is 19.2 Å². The Morgan fingerprint density at radius 2 is 1.55 bits per heavy atom. The maximum atomic E-state index is 13.5. The first-order valence-corrected chi connectivity index (χ1v) is 15.7. The zero-order chi connectivity index (χ0) is 29.7. The molecule has 0 atom stereocenters. The van der Waals surface area contributed by atoms with Crippen molar-refractivity contribution in [3.63, 3.8) is 0 Å². The molecule has 0 aromatic heterocycles. The number of sulfonamides is 1. The molecule has 13 heteroatoms. The van der Waals surface area contributed by atoms with E-state index in [-0.39, 0.29) is 34.5 Å². The van der Waals surface area contributed by atoms with E-state index in [1.807, 2.05) is 4.90 Å². The lowest BCUT2D eigenvalue weighted by molar-refractivity contribution is -0.136. The summed E-state index contributed by atoms with van der Waals surface area (Å²) >= 11 is 12.3. The van der Waals surface area contributed by atoms with E-state index in [1.54, 1.807) is 34.1 Å². The first-order valence-electron chi connectivity index (χ1n) is 13.4. The monoisotopic (exact) mass is 632 g/mol. The molecule has 2 fully saturated rings. The maximum absolute atomic E-state index is 13.5. The predicted molar refractivity (Wildman–Crippen MR) is 160 cm³/mol. The number of carbonyl (C=O) groups is 2. The molecule has 0 bridgehead atoms. The fraction of sp³-hybridized carbons (Fsp3) is 0.310. The van der Waals surface area contributed by atoms with Crippen LogP contribution in [0.5, 0.6) is 11.5 Å². The van der Waals surface area contributed by atoms with Crippen LogP contribution in [0.15, 0.2) is 71.6 Å². The van der Waals surface area contributed by atoms with Gasteiger partial charge in [-0.05, 0) is 54.6 Å². The van der Waals surface area contributed by atoms with E-state index in [9.17, 15) is 18.0 Å². The summed E-state index contributed by atoms with van der Waals surface area (Å²) in [5.74, 6) is 0.558. The third-order valence-electron chi connectivity index (χ3n) is 7.04. The van der Waals surface area contributed by atoms with Crippen molar-refractivity contribution in [3.8, 4) is 11.5 Å². The minimum absolute atomic E-state index is 0.0130. The van der Waals surface area contributed by atoms with Gasteiger partial charge < -0.3 is 19.3 Å². The van der Waals surface area contributed by atoms with Gasteiger partial charge in [-0.15, -0.1) is 0 Å². The Labute approximate surface area is 254 Å². The smallest absolute Gasteiger partial charge is 0.261 e. The molecular weight excluding hydrogens is 603 g/mol. The maximum Gasteiger partial charge on any atom is 0.261 e. The molecule has 3 aromatic carbocycles. The predicted octanol–water partition coefficient (Wildman–Crippen LogP) is 4.20. The van der Waals surface area contributed by atoms with Crippen molar-refractivity contribution in [3.05, 3.63) is 82.3 Å². The molecule has 1 N–H and O–H groups in total. The number of para-hydroxylation sites is 1. The first-order chi connectivity index (χ1) is 20.2. The Hall–Kier alpha value is -3.35. The van der Waals surface area contributed by atoms with Crippen LogP contribution in [0.3, 0.4) is 0 Å². The molecule has 2 saturated heterocycles. The molecule has 5 rings (SSSR count). The van der Waals surface area contributed by atoms with Crippen molar-refractivity contribution >= 4 is 50.7 Å². The fourth-order valence-corrected chi connectivity index (χ4v) is 6.14. The van der Waals surface area contributed by atoms with E-state index in [0.29, 0.717) is 74.0 Å². The molecule has 0 saturated carbocycles. The van der Waals surface area contributed by atoms with Crippen molar-refractivity contribution in [2.75, 3.05) is 63.7 Å². The molecule has 3 aromatic rings. The van der Waals surface area contributed by atoms with Gasteiger partial charge in [-0.25, -0.2) is 8.42 Å². The van der Waals surface area contributed by atoms with Gasteiger partial charge in [0.15, 0.2) is 0 Å². The molecule has 0 radical (unpaired) electrons. The zero-order valence-electron chi connectivity index (χ0n) is 22.7. The van der Waals surface area contributed by atoms with Crippen molar-refractivity contribution in [1.82, 2.24) is 14.7 Å². The summed E-state index contributed by atoms with van der Waals surface area (Å²) in [5.41, 5.74) is 0.258. The van der Waals surface area contributed by atoms with Crippen molar-refractivity contribution < 1.29 is 27.5 Å². The summed E-state index contributed by atoms with van der Waals surface area (Å²) in [7, 11) is -4.05. The standard InChI is InChI=1S/C29H30Cl2N4O6S/c30-21-5-10-26(32-42(38,39)23-8-6-22(7-9-23)41-27-4-2-1-3-25(27)31)24(19-21)29(37)35-13-11-33(12-14-35)20-28(36)34-15-17-40-18-16-34/h1-10,19,32H,11-18,20H2. The van der Waals surface area contributed by atoms with Crippen molar-refractivity contribution in [2.24, 2.45) is 0 Å². The van der Waals surface area contributed by atoms with Crippen LogP contribution in [0.1, 0.15) is 10.4 Å². The van der Waals surface area contributed by atoms with Gasteiger partial charge in [0, 0.05) is 44.3 Å². The molecule has 0 unspecified atom stereocenters. The van der Waals surface area contributed by atoms with Crippen LogP contribution in [0.4, 0.5) is 5.69 Å². The Kier molecular flexibility index (Phi) is 9.54. The number of piperazine rings is 1. The molecule has 2 aliphatic rings. The summed E-state index contributed by atoms with van der Waals surface area (Å²) in [6, 6.07) is 17.3. The average molecular weight is 634 g/mol. The number of amides is 2. The second-order valence-corrected chi connectivity index (χ2v) is 12.4. The summed E-state index contributed by atoms with van der Waals surface area (Å²) in [6.45, 7) is 4.37. The van der Waals surface area contributed by atoms with Crippen LogP contribution >= 0.6 is 23.2 Å². The number of halogens is 2. The number of carbonyl (C=O) groups excluding carboxylic acids is 2. The molecule has 2 amide bonds. The Balaban J connectivity index is 1.23. The van der Waals surface area contributed by atoms with Gasteiger partial charge in [-0.2, -0.15) is 0 Å². The molecule has 2 aliphatic heterocycles. The molecule has 10 nitrogen and oxygen atoms in total. The zero-order valence-corrected chi connectivity index (χ0v) is 25.0. The van der Waals surface area contributed by atoms with Gasteiger partial charge in [0.2, 0.25) is 5.91 Å². The molecule has 42 heavy (non-hydrogen) atoms. The van der Waals surface area contributed by atoms with Gasteiger partial charge in [0.1, 0.15) is 11.5 Å². The SMILES string of the molecule is O=C(CN1CCN(C(=O)c2cc(Cl)ccc2NS(=O)(=O)c2ccc(Oc3ccccc3Cl)cc2)CC1)N1CCOCC1. The third-order valence-corrected chi connectivity index (χ3v) is 8.97. The minimum Gasteiger partial charge on any atom is -0.456 e. The van der Waals surface area contributed by atoms with Crippen LogP contribution in [0.2, 0.25) is 10.0 Å². The Bertz CT molecular complexity index is 1540. The van der Waals surface area contributed by atoms with Crippen LogP contribution in [-0.4, -0.2) is 94.0 Å². The number of rotatable bonds is 8. The number of hydrogen-bond donors (Lipinski definition) is 1. The first kappa shape index (κ1) is 30.1. The summed E-state index contributed by atoms with van der Waals surface area (Å²) in [4.78, 5) is 31.6. The summed E-state index contributed by atoms with van der Waals surface area (Å²) in [6.07, 6.45) is 0. The second kappa shape index (κ2) is 13.3. The number of morpholine rings is 1. The van der Waals surface area contributed by atoms with Crippen molar-refractivity contribution in [1.29, 1.82) is 0 Å². The normalized spacial score (nSPS) is 16.2. The molecular formula is C29H30Cl2N4O6S. The van der Waals surface area contributed by atoms with E-state index in [4.69, 9.17) is 32.7 Å². The van der Waals surface area contributed by atoms with Crippen LogP contribution in [0, 0.1) is 0 Å². The van der Waals surface area contributed by atoms with Crippen LogP contribution < -0.4 is 9.46 Å². The van der Waals surface area contributed by atoms with Gasteiger partial charge in [-0.1, -0.05) is 35.3 Å². The topological polar surface area (TPSA) is 108 Å². The van der Waals surface area contributed by atoms with Gasteiger partial charge in [0.25, 0.3) is 15.9 Å². The molecule has 0 spiro atoms. The molecule has 0 aliphatic carbocycles. The largest absolute Gasteiger partial charge is 0.456 e. The second-order valence-electron chi connectivity index (χ2n) is 9.86. The van der Waals surface area contributed by atoms with Crippen molar-refractivity contribution in [2.45, 2.75) is 4.90 Å². The van der Waals surface area contributed by atoms with E-state index < -0.39 is 10.0 Å². The lowest BCUT2D eigenvalue weighted by Crippen LogP contribution is -2.52. The minimum atomic E-state index is -4.05. The lowest BCUT2D eigenvalue weighted by atomic mass is 10.1. The number of nitrogens with one attached hydrogen (secondary N) is 1. The highest BCUT2D eigenvalue weighted by molar-refractivity contribution is 7.92. The van der Waals surface area contributed by atoms with Crippen LogP contribution in [0.25, 0.3) is 0 Å². The van der Waals surface area contributed by atoms with Crippen LogP contribution in [-0.2, 0) is 19.6 Å². The number of anilines is 1. The van der Waals surface area contributed by atoms with Gasteiger partial charge >= 0.3 is 0 Å². The highest BCUT2D eigenvalue weighted by Crippen LogP contribution is 2.30. The highest BCUT2D eigenvalue weighted by atomic mass is 35.5. The number of benzene rings is 3. The summed E-state index contributed by atoms with van der Waals surface area (Å²) in [5, 5.41) is 0.732. The quantitative estimate of drug-likeness (QED) is 0.396. The Morgan fingerprint density at radius 3 is 2.24 bits per heavy atom. The number of ether oxygens (including phenoxy) is 2.